The monoisotopic (exact) mass is 183 g/mol. The van der Waals surface area contributed by atoms with Gasteiger partial charge in [-0.15, -0.1) is 0 Å². The molecule has 0 amide bonds. The molecule has 0 unspecified atom stereocenters. The van der Waals surface area contributed by atoms with Gasteiger partial charge in [-0.05, 0) is 23.8 Å². The fraction of sp³-hybridized carbons (Fsp3) is 0. The van der Waals surface area contributed by atoms with Crippen LogP contribution in [0.25, 0.3) is 6.08 Å². The Morgan fingerprint density at radius 2 is 2.42 bits per heavy atom. The number of hydrogen-bond donors (Lipinski definition) is 1. The van der Waals surface area contributed by atoms with Gasteiger partial charge in [0.15, 0.2) is 0 Å². The molecule has 1 N–H and O–H groups in total. The summed E-state index contributed by atoms with van der Waals surface area (Å²) >= 11 is 5.67. The number of carboxylic acid groups (broad SMARTS) is 1. The predicted molar refractivity (Wildman–Crippen MR) is 48.1 cm³/mol. The largest absolute Gasteiger partial charge is 0.478 e. The molecule has 1 aromatic rings. The normalized spacial score (nSPS) is 12.4. The number of hydrogen-bond acceptors (Lipinski definition) is 1. The van der Waals surface area contributed by atoms with Crippen molar-refractivity contribution in [3.63, 3.8) is 0 Å². The van der Waals surface area contributed by atoms with Crippen molar-refractivity contribution in [1.82, 2.24) is 0 Å². The lowest BCUT2D eigenvalue weighted by molar-refractivity contribution is -0.131. The Balaban J connectivity index is 2.97. The molecule has 0 atom stereocenters. The maximum Gasteiger partial charge on any atom is 0.328 e. The lowest BCUT2D eigenvalue weighted by atomic mass is 10.2. The number of benzene rings is 1. The summed E-state index contributed by atoms with van der Waals surface area (Å²) in [4.78, 5) is 10.3. The molecule has 62 valence electrons. The lowest BCUT2D eigenvalue weighted by Gasteiger charge is -1.92. The van der Waals surface area contributed by atoms with Gasteiger partial charge >= 0.3 is 5.97 Å². The summed E-state index contributed by atoms with van der Waals surface area (Å²) in [6.45, 7) is 0. The van der Waals surface area contributed by atoms with Gasteiger partial charge in [-0.1, -0.05) is 23.7 Å². The fourth-order valence-electron chi connectivity index (χ4n) is 0.741. The molecule has 3 heteroatoms. The first-order valence-corrected chi connectivity index (χ1v) is 3.64. The van der Waals surface area contributed by atoms with Crippen LogP contribution in [0.2, 0.25) is 5.02 Å². The quantitative estimate of drug-likeness (QED) is 0.716. The van der Waals surface area contributed by atoms with E-state index in [1.54, 1.807) is 24.3 Å². The molecule has 0 bridgehead atoms. The summed E-state index contributed by atoms with van der Waals surface area (Å²) in [5, 5.41) is 8.94. The Labute approximate surface area is 76.5 Å². The van der Waals surface area contributed by atoms with E-state index in [9.17, 15) is 4.79 Å². The lowest BCUT2D eigenvalue weighted by Crippen LogP contribution is -1.85. The second kappa shape index (κ2) is 3.93. The molecule has 0 radical (unpaired) electrons. The molecule has 2 nitrogen and oxygen atoms in total. The van der Waals surface area contributed by atoms with Crippen molar-refractivity contribution in [2.24, 2.45) is 0 Å². The van der Waals surface area contributed by atoms with Gasteiger partial charge in [0.25, 0.3) is 0 Å². The molecule has 0 aliphatic heterocycles. The van der Waals surface area contributed by atoms with Gasteiger partial charge in [0.1, 0.15) is 0 Å². The van der Waals surface area contributed by atoms with Crippen LogP contribution in [0.3, 0.4) is 0 Å². The standard InChI is InChI=1S/C9H7ClO2/c10-8-3-1-2-7(6-8)4-5-9(11)12/h1-6H,(H,11,12)/i5D. The number of rotatable bonds is 2. The van der Waals surface area contributed by atoms with Gasteiger partial charge < -0.3 is 5.11 Å². The van der Waals surface area contributed by atoms with E-state index in [2.05, 4.69) is 0 Å². The minimum atomic E-state index is -1.25. The highest BCUT2D eigenvalue weighted by atomic mass is 35.5. The van der Waals surface area contributed by atoms with Crippen LogP contribution in [0.15, 0.2) is 30.3 Å². The zero-order chi connectivity index (χ0) is 9.84. The Morgan fingerprint density at radius 3 is 3.00 bits per heavy atom. The van der Waals surface area contributed by atoms with Crippen molar-refractivity contribution in [1.29, 1.82) is 0 Å². The third kappa shape index (κ3) is 2.76. The average molecular weight is 184 g/mol. The summed E-state index contributed by atoms with van der Waals surface area (Å²) in [6, 6.07) is 6.21. The molecule has 0 fully saturated rings. The van der Waals surface area contributed by atoms with E-state index >= 15 is 0 Å². The minimum absolute atomic E-state index is 0.456. The summed E-state index contributed by atoms with van der Waals surface area (Å²) in [6.07, 6.45) is 1.24. The number of aliphatic carboxylic acids is 1. The Bertz CT molecular complexity index is 360. The third-order valence-corrected chi connectivity index (χ3v) is 1.45. The predicted octanol–water partition coefficient (Wildman–Crippen LogP) is 2.44. The van der Waals surface area contributed by atoms with E-state index in [4.69, 9.17) is 18.1 Å². The average Bonchev–Trinajstić information content (AvgIpc) is 2.04. The molecule has 0 heterocycles. The molecular formula is C9H7ClO2. The van der Waals surface area contributed by atoms with Crippen LogP contribution in [-0.4, -0.2) is 11.1 Å². The molecule has 0 saturated carbocycles. The number of carbonyl (C=O) groups is 1. The van der Waals surface area contributed by atoms with E-state index in [0.29, 0.717) is 10.6 Å². The van der Waals surface area contributed by atoms with Gasteiger partial charge in [-0.2, -0.15) is 0 Å². The maximum absolute atomic E-state index is 10.3. The summed E-state index contributed by atoms with van der Waals surface area (Å²) in [5.74, 6) is -1.25. The first kappa shape index (κ1) is 7.37. The van der Waals surface area contributed by atoms with Crippen LogP contribution >= 0.6 is 11.6 Å². The number of halogens is 1. The van der Waals surface area contributed by atoms with Crippen molar-refractivity contribution in [2.75, 3.05) is 0 Å². The van der Waals surface area contributed by atoms with Crippen LogP contribution in [0.4, 0.5) is 0 Å². The zero-order valence-corrected chi connectivity index (χ0v) is 6.88. The van der Waals surface area contributed by atoms with Crippen molar-refractivity contribution < 1.29 is 11.3 Å². The van der Waals surface area contributed by atoms with E-state index < -0.39 is 12.0 Å². The highest BCUT2D eigenvalue weighted by molar-refractivity contribution is 6.30. The molecule has 0 saturated heterocycles. The molecule has 0 aromatic heterocycles. The minimum Gasteiger partial charge on any atom is -0.478 e. The summed E-state index contributed by atoms with van der Waals surface area (Å²) in [7, 11) is 0. The van der Waals surface area contributed by atoms with E-state index in [-0.39, 0.29) is 0 Å². The second-order valence-corrected chi connectivity index (χ2v) is 2.59. The zero-order valence-electron chi connectivity index (χ0n) is 7.12. The maximum atomic E-state index is 10.3. The molecular weight excluding hydrogens is 176 g/mol. The van der Waals surface area contributed by atoms with Gasteiger partial charge in [0, 0.05) is 11.1 Å². The smallest absolute Gasteiger partial charge is 0.328 e. The second-order valence-electron chi connectivity index (χ2n) is 2.15. The SMILES string of the molecule is [2H]C(=Cc1cccc(Cl)c1)C(=O)O. The summed E-state index contributed by atoms with van der Waals surface area (Å²) < 4.78 is 7.05. The topological polar surface area (TPSA) is 37.3 Å². The third-order valence-electron chi connectivity index (χ3n) is 1.21. The van der Waals surface area contributed by atoms with Crippen molar-refractivity contribution in [2.45, 2.75) is 0 Å². The summed E-state index contributed by atoms with van der Waals surface area (Å²) in [5.41, 5.74) is 0.611. The van der Waals surface area contributed by atoms with Gasteiger partial charge in [0.2, 0.25) is 0 Å². The van der Waals surface area contributed by atoms with Gasteiger partial charge in [-0.25, -0.2) is 4.79 Å². The van der Waals surface area contributed by atoms with E-state index in [1.807, 2.05) is 0 Å². The Morgan fingerprint density at radius 1 is 1.67 bits per heavy atom. The molecule has 0 aliphatic carbocycles. The number of carboxylic acids is 1. The Hall–Kier alpha value is -1.28. The van der Waals surface area contributed by atoms with Crippen LogP contribution in [0, 0.1) is 0 Å². The first-order chi connectivity index (χ1) is 6.09. The first-order valence-electron chi connectivity index (χ1n) is 3.77. The Kier molecular flexibility index (Phi) is 2.41. The van der Waals surface area contributed by atoms with Crippen LogP contribution in [-0.2, 0) is 4.79 Å². The van der Waals surface area contributed by atoms with E-state index in [1.165, 1.54) is 6.08 Å². The van der Waals surface area contributed by atoms with Crippen molar-refractivity contribution in [3.8, 4) is 0 Å². The van der Waals surface area contributed by atoms with Gasteiger partial charge in [0.05, 0.1) is 1.37 Å². The van der Waals surface area contributed by atoms with Crippen LogP contribution in [0.1, 0.15) is 6.93 Å². The molecule has 1 aromatic carbocycles. The molecule has 1 rings (SSSR count). The highest BCUT2D eigenvalue weighted by Crippen LogP contribution is 2.11. The van der Waals surface area contributed by atoms with Crippen LogP contribution < -0.4 is 0 Å². The van der Waals surface area contributed by atoms with Crippen molar-refractivity contribution in [3.05, 3.63) is 40.9 Å². The highest BCUT2D eigenvalue weighted by Gasteiger charge is 1.90. The molecule has 0 spiro atoms. The van der Waals surface area contributed by atoms with Gasteiger partial charge in [-0.3, -0.25) is 0 Å². The molecule has 0 aliphatic rings. The fourth-order valence-corrected chi connectivity index (χ4v) is 0.940. The van der Waals surface area contributed by atoms with Crippen molar-refractivity contribution >= 4 is 23.6 Å². The van der Waals surface area contributed by atoms with E-state index in [0.717, 1.165) is 0 Å². The molecule has 12 heavy (non-hydrogen) atoms. The van der Waals surface area contributed by atoms with Crippen LogP contribution in [0.5, 0.6) is 0 Å².